The van der Waals surface area contributed by atoms with Gasteiger partial charge in [0.05, 0.1) is 18.6 Å². The van der Waals surface area contributed by atoms with Gasteiger partial charge in [0, 0.05) is 23.9 Å². The summed E-state index contributed by atoms with van der Waals surface area (Å²) in [7, 11) is 0. The molecule has 0 aromatic carbocycles. The van der Waals surface area contributed by atoms with Gasteiger partial charge in [-0.15, -0.1) is 0 Å². The standard InChI is InChI=1S/C6H6N2S4/c1-3-7-11-5(9-3)6-10-4(2)8-12-6/h1-2H3/b6-5+. The zero-order valence-corrected chi connectivity index (χ0v) is 9.79. The van der Waals surface area contributed by atoms with E-state index in [1.807, 2.05) is 13.8 Å². The molecule has 0 bridgehead atoms. The van der Waals surface area contributed by atoms with Crippen LogP contribution in [0.4, 0.5) is 0 Å². The summed E-state index contributed by atoms with van der Waals surface area (Å²) in [5.41, 5.74) is 0. The third-order valence-corrected chi connectivity index (χ3v) is 5.88. The Morgan fingerprint density at radius 2 is 1.25 bits per heavy atom. The first-order valence-electron chi connectivity index (χ1n) is 3.29. The third-order valence-electron chi connectivity index (χ3n) is 1.16. The summed E-state index contributed by atoms with van der Waals surface area (Å²) in [6.07, 6.45) is 0. The molecule has 2 aliphatic heterocycles. The van der Waals surface area contributed by atoms with Crippen LogP contribution in [0, 0.1) is 0 Å². The zero-order chi connectivity index (χ0) is 8.55. The van der Waals surface area contributed by atoms with E-state index >= 15 is 0 Å². The Bertz CT molecular complexity index is 275. The zero-order valence-electron chi connectivity index (χ0n) is 6.53. The lowest BCUT2D eigenvalue weighted by molar-refractivity contribution is 1.87. The molecule has 0 amide bonds. The van der Waals surface area contributed by atoms with Crippen LogP contribution in [0.5, 0.6) is 0 Å². The second kappa shape index (κ2) is 3.69. The summed E-state index contributed by atoms with van der Waals surface area (Å²) in [5, 5.41) is 2.27. The minimum absolute atomic E-state index is 1.13. The molecular weight excluding hydrogens is 228 g/mol. The van der Waals surface area contributed by atoms with Gasteiger partial charge in [-0.1, -0.05) is 23.5 Å². The number of rotatable bonds is 0. The predicted octanol–water partition coefficient (Wildman–Crippen LogP) is 3.74. The first-order valence-corrected chi connectivity index (χ1v) is 6.47. The van der Waals surface area contributed by atoms with Crippen molar-refractivity contribution in [3.05, 3.63) is 8.47 Å². The van der Waals surface area contributed by atoms with Crippen LogP contribution in [0.15, 0.2) is 17.3 Å². The average molecular weight is 234 g/mol. The molecule has 0 saturated carbocycles. The number of hydrogen-bond acceptors (Lipinski definition) is 6. The van der Waals surface area contributed by atoms with E-state index in [0.717, 1.165) is 10.1 Å². The maximum absolute atomic E-state index is 4.25. The Balaban J connectivity index is 2.11. The molecule has 6 heteroatoms. The molecule has 0 aliphatic carbocycles. The van der Waals surface area contributed by atoms with Crippen LogP contribution >= 0.6 is 47.4 Å². The van der Waals surface area contributed by atoms with Crippen LogP contribution in [0.25, 0.3) is 0 Å². The van der Waals surface area contributed by atoms with Gasteiger partial charge in [0.2, 0.25) is 0 Å². The molecular formula is C6H6N2S4. The quantitative estimate of drug-likeness (QED) is 0.596. The third kappa shape index (κ3) is 1.86. The van der Waals surface area contributed by atoms with E-state index in [2.05, 4.69) is 8.80 Å². The summed E-state index contributed by atoms with van der Waals surface area (Å²) in [5.74, 6) is 0. The van der Waals surface area contributed by atoms with Gasteiger partial charge in [-0.2, -0.15) is 0 Å². The predicted molar refractivity (Wildman–Crippen MR) is 63.6 cm³/mol. The van der Waals surface area contributed by atoms with Crippen molar-refractivity contribution in [1.29, 1.82) is 0 Å². The molecule has 2 aliphatic rings. The second-order valence-electron chi connectivity index (χ2n) is 2.18. The van der Waals surface area contributed by atoms with Crippen molar-refractivity contribution in [3.63, 3.8) is 0 Å². The maximum atomic E-state index is 4.25. The molecule has 0 aromatic heterocycles. The van der Waals surface area contributed by atoms with Gasteiger partial charge < -0.3 is 0 Å². The molecule has 2 heterocycles. The van der Waals surface area contributed by atoms with Gasteiger partial charge in [0.15, 0.2) is 0 Å². The maximum Gasteiger partial charge on any atom is 0.0916 e. The Hall–Kier alpha value is 0.480. The minimum Gasteiger partial charge on any atom is -0.208 e. The fraction of sp³-hybridized carbons (Fsp3) is 0.333. The highest BCUT2D eigenvalue weighted by atomic mass is 32.2. The number of hydrogen-bond donors (Lipinski definition) is 0. The fourth-order valence-corrected chi connectivity index (χ4v) is 4.70. The lowest BCUT2D eigenvalue weighted by atomic mass is 10.9. The highest BCUT2D eigenvalue weighted by Crippen LogP contribution is 2.50. The van der Waals surface area contributed by atoms with Crippen LogP contribution < -0.4 is 0 Å². The normalized spacial score (nSPS) is 29.2. The summed E-state index contributed by atoms with van der Waals surface area (Å²) >= 11 is 6.62. The molecule has 0 atom stereocenters. The van der Waals surface area contributed by atoms with E-state index in [-0.39, 0.29) is 0 Å². The smallest absolute Gasteiger partial charge is 0.0916 e. The van der Waals surface area contributed by atoms with Gasteiger partial charge in [0.1, 0.15) is 0 Å². The van der Waals surface area contributed by atoms with Crippen molar-refractivity contribution >= 4 is 57.5 Å². The average Bonchev–Trinajstić information content (AvgIpc) is 2.58. The Labute approximate surface area is 88.4 Å². The van der Waals surface area contributed by atoms with E-state index in [0.29, 0.717) is 0 Å². The molecule has 2 rings (SSSR count). The van der Waals surface area contributed by atoms with Crippen molar-refractivity contribution in [2.24, 2.45) is 8.80 Å². The summed E-state index contributed by atoms with van der Waals surface area (Å²) in [6, 6.07) is 0. The van der Waals surface area contributed by atoms with Crippen LogP contribution in [-0.2, 0) is 0 Å². The fourth-order valence-electron chi connectivity index (χ4n) is 0.712. The van der Waals surface area contributed by atoms with E-state index in [1.54, 1.807) is 47.4 Å². The monoisotopic (exact) mass is 234 g/mol. The highest BCUT2D eigenvalue weighted by Gasteiger charge is 2.20. The van der Waals surface area contributed by atoms with Crippen molar-refractivity contribution in [1.82, 2.24) is 0 Å². The van der Waals surface area contributed by atoms with Crippen molar-refractivity contribution < 1.29 is 0 Å². The topological polar surface area (TPSA) is 24.7 Å². The number of thioether (sulfide) groups is 2. The van der Waals surface area contributed by atoms with Crippen LogP contribution in [0.2, 0.25) is 0 Å². The van der Waals surface area contributed by atoms with Crippen molar-refractivity contribution in [2.75, 3.05) is 0 Å². The molecule has 2 nitrogen and oxygen atoms in total. The molecule has 0 N–H and O–H groups in total. The van der Waals surface area contributed by atoms with Gasteiger partial charge in [-0.25, -0.2) is 8.80 Å². The van der Waals surface area contributed by atoms with Gasteiger partial charge in [-0.3, -0.25) is 0 Å². The van der Waals surface area contributed by atoms with Gasteiger partial charge in [-0.05, 0) is 13.8 Å². The van der Waals surface area contributed by atoms with Crippen molar-refractivity contribution in [3.8, 4) is 0 Å². The molecule has 0 spiro atoms. The number of nitrogens with zero attached hydrogens (tertiary/aromatic N) is 2. The van der Waals surface area contributed by atoms with Crippen LogP contribution in [-0.4, -0.2) is 10.1 Å². The SMILES string of the molecule is CC1=NS/C(=C2/SN=C(C)S2)S1. The Morgan fingerprint density at radius 1 is 0.833 bits per heavy atom. The van der Waals surface area contributed by atoms with E-state index in [1.165, 1.54) is 8.47 Å². The summed E-state index contributed by atoms with van der Waals surface area (Å²) in [4.78, 5) is 0. The Kier molecular flexibility index (Phi) is 2.78. The summed E-state index contributed by atoms with van der Waals surface area (Å²) in [6.45, 7) is 4.06. The second-order valence-corrected chi connectivity index (χ2v) is 6.65. The van der Waals surface area contributed by atoms with Crippen molar-refractivity contribution in [2.45, 2.75) is 13.8 Å². The van der Waals surface area contributed by atoms with E-state index < -0.39 is 0 Å². The molecule has 0 aromatic rings. The minimum atomic E-state index is 1.13. The molecule has 0 saturated heterocycles. The lowest BCUT2D eigenvalue weighted by Crippen LogP contribution is -1.75. The molecule has 0 fully saturated rings. The molecule has 0 unspecified atom stereocenters. The van der Waals surface area contributed by atoms with Gasteiger partial charge >= 0.3 is 0 Å². The first-order chi connectivity index (χ1) is 5.75. The Morgan fingerprint density at radius 3 is 1.50 bits per heavy atom. The summed E-state index contributed by atoms with van der Waals surface area (Å²) < 4.78 is 11.1. The first kappa shape index (κ1) is 9.05. The molecule has 0 radical (unpaired) electrons. The van der Waals surface area contributed by atoms with Crippen LogP contribution in [0.3, 0.4) is 0 Å². The van der Waals surface area contributed by atoms with E-state index in [4.69, 9.17) is 0 Å². The highest BCUT2D eigenvalue weighted by molar-refractivity contribution is 8.37. The molecule has 12 heavy (non-hydrogen) atoms. The van der Waals surface area contributed by atoms with Gasteiger partial charge in [0.25, 0.3) is 0 Å². The molecule has 64 valence electrons. The largest absolute Gasteiger partial charge is 0.208 e. The lowest BCUT2D eigenvalue weighted by Gasteiger charge is -1.95. The van der Waals surface area contributed by atoms with E-state index in [9.17, 15) is 0 Å². The van der Waals surface area contributed by atoms with Crippen LogP contribution in [0.1, 0.15) is 13.8 Å².